The van der Waals surface area contributed by atoms with Gasteiger partial charge in [0.15, 0.2) is 0 Å². The third kappa shape index (κ3) is 2.74. The summed E-state index contributed by atoms with van der Waals surface area (Å²) in [4.78, 5) is 0. The second kappa shape index (κ2) is 6.42. The predicted molar refractivity (Wildman–Crippen MR) is 81.7 cm³/mol. The number of hydrogen-bond donors (Lipinski definition) is 6. The molecule has 0 saturated carbocycles. The van der Waals surface area contributed by atoms with Crippen molar-refractivity contribution in [3.8, 4) is 17.2 Å². The Balaban J connectivity index is 1.96. The summed E-state index contributed by atoms with van der Waals surface area (Å²) in [6.07, 6.45) is -7.12. The van der Waals surface area contributed by atoms with E-state index in [0.29, 0.717) is 5.39 Å². The Labute approximate surface area is 136 Å². The van der Waals surface area contributed by atoms with E-state index in [1.54, 1.807) is 12.1 Å². The Bertz CT molecular complexity index is 731. The fraction of sp³-hybridized carbons (Fsp3) is 0.375. The first-order valence-electron chi connectivity index (χ1n) is 7.35. The summed E-state index contributed by atoms with van der Waals surface area (Å²) in [5, 5.41) is 59.2. The molecular weight excluding hydrogens is 320 g/mol. The summed E-state index contributed by atoms with van der Waals surface area (Å²) >= 11 is 0. The second-order valence-corrected chi connectivity index (χ2v) is 5.60. The van der Waals surface area contributed by atoms with Gasteiger partial charge in [-0.3, -0.25) is 0 Å². The molecule has 1 aliphatic rings. The number of rotatable bonds is 3. The molecule has 0 radical (unpaired) electrons. The van der Waals surface area contributed by atoms with Crippen molar-refractivity contribution >= 4 is 10.8 Å². The minimum atomic E-state index is -1.57. The van der Waals surface area contributed by atoms with Crippen molar-refractivity contribution in [2.75, 3.05) is 6.61 Å². The molecule has 0 spiro atoms. The predicted octanol–water partition coefficient (Wildman–Crippen LogP) is -0.570. The molecule has 3 rings (SSSR count). The molecule has 24 heavy (non-hydrogen) atoms. The maximum Gasteiger partial charge on any atom is 0.229 e. The zero-order chi connectivity index (χ0) is 17.4. The second-order valence-electron chi connectivity index (χ2n) is 5.60. The SMILES string of the molecule is OC[C@H]1O[C@@H](Oc2ccc(O)c3cccc(O)c23)[C@H](O)[C@@H](O)[C@@H]1O. The molecule has 2 aromatic carbocycles. The summed E-state index contributed by atoms with van der Waals surface area (Å²) in [5.74, 6) is -0.115. The molecule has 8 heteroatoms. The molecule has 0 aliphatic carbocycles. The van der Waals surface area contributed by atoms with Crippen LogP contribution in [0.4, 0.5) is 0 Å². The van der Waals surface area contributed by atoms with E-state index in [9.17, 15) is 30.6 Å². The number of hydrogen-bond acceptors (Lipinski definition) is 8. The van der Waals surface area contributed by atoms with Crippen LogP contribution in [0.15, 0.2) is 30.3 Å². The normalized spacial score (nSPS) is 30.4. The van der Waals surface area contributed by atoms with E-state index in [0.717, 1.165) is 0 Å². The van der Waals surface area contributed by atoms with Gasteiger partial charge in [0.2, 0.25) is 6.29 Å². The fourth-order valence-corrected chi connectivity index (χ4v) is 2.73. The average molecular weight is 338 g/mol. The summed E-state index contributed by atoms with van der Waals surface area (Å²) < 4.78 is 10.8. The van der Waals surface area contributed by atoms with Gasteiger partial charge >= 0.3 is 0 Å². The van der Waals surface area contributed by atoms with Crippen molar-refractivity contribution in [1.82, 2.24) is 0 Å². The lowest BCUT2D eigenvalue weighted by atomic mass is 9.99. The molecule has 1 aliphatic heterocycles. The van der Waals surface area contributed by atoms with Gasteiger partial charge in [0.1, 0.15) is 41.7 Å². The molecule has 2 aromatic rings. The van der Waals surface area contributed by atoms with Gasteiger partial charge in [-0.2, -0.15) is 0 Å². The summed E-state index contributed by atoms with van der Waals surface area (Å²) in [5.41, 5.74) is 0. The summed E-state index contributed by atoms with van der Waals surface area (Å²) in [6, 6.07) is 7.25. The maximum absolute atomic E-state index is 10.0. The number of phenols is 2. The quantitative estimate of drug-likeness (QED) is 0.437. The van der Waals surface area contributed by atoms with E-state index in [1.807, 2.05) is 0 Å². The summed E-state index contributed by atoms with van der Waals surface area (Å²) in [7, 11) is 0. The number of phenolic OH excluding ortho intramolecular Hbond substituents is 2. The van der Waals surface area contributed by atoms with Crippen molar-refractivity contribution in [3.05, 3.63) is 30.3 Å². The van der Waals surface area contributed by atoms with Crippen LogP contribution in [0.1, 0.15) is 0 Å². The number of fused-ring (bicyclic) bond motifs is 1. The maximum atomic E-state index is 10.0. The van der Waals surface area contributed by atoms with E-state index >= 15 is 0 Å². The molecule has 1 heterocycles. The third-order valence-electron chi connectivity index (χ3n) is 4.05. The van der Waals surface area contributed by atoms with Gasteiger partial charge in [0.25, 0.3) is 0 Å². The minimum Gasteiger partial charge on any atom is -0.507 e. The molecule has 0 unspecified atom stereocenters. The van der Waals surface area contributed by atoms with Gasteiger partial charge < -0.3 is 40.1 Å². The van der Waals surface area contributed by atoms with Crippen LogP contribution in [-0.2, 0) is 4.74 Å². The van der Waals surface area contributed by atoms with Crippen molar-refractivity contribution in [2.45, 2.75) is 30.7 Å². The molecule has 0 bridgehead atoms. The van der Waals surface area contributed by atoms with E-state index in [1.165, 1.54) is 18.2 Å². The van der Waals surface area contributed by atoms with E-state index in [-0.39, 0.29) is 22.6 Å². The van der Waals surface area contributed by atoms with Crippen LogP contribution in [0.3, 0.4) is 0 Å². The van der Waals surface area contributed by atoms with Gasteiger partial charge in [0.05, 0.1) is 12.0 Å². The molecule has 8 nitrogen and oxygen atoms in total. The van der Waals surface area contributed by atoms with Crippen molar-refractivity contribution < 1.29 is 40.1 Å². The van der Waals surface area contributed by atoms with Crippen molar-refractivity contribution in [1.29, 1.82) is 0 Å². The lowest BCUT2D eigenvalue weighted by Crippen LogP contribution is -2.60. The molecule has 5 atom stereocenters. The third-order valence-corrected chi connectivity index (χ3v) is 4.05. The minimum absolute atomic E-state index is 0.0675. The van der Waals surface area contributed by atoms with Crippen LogP contribution in [0.5, 0.6) is 17.2 Å². The Kier molecular flexibility index (Phi) is 4.48. The molecular formula is C16H18O8. The highest BCUT2D eigenvalue weighted by Gasteiger charge is 2.44. The van der Waals surface area contributed by atoms with Crippen LogP contribution in [0, 0.1) is 0 Å². The van der Waals surface area contributed by atoms with Crippen molar-refractivity contribution in [3.63, 3.8) is 0 Å². The summed E-state index contributed by atoms with van der Waals surface area (Å²) in [6.45, 7) is -0.577. The number of aliphatic hydroxyl groups is 4. The number of benzene rings is 2. The lowest BCUT2D eigenvalue weighted by molar-refractivity contribution is -0.277. The zero-order valence-electron chi connectivity index (χ0n) is 12.5. The highest BCUT2D eigenvalue weighted by Crippen LogP contribution is 2.39. The Morgan fingerprint density at radius 3 is 2.38 bits per heavy atom. The van der Waals surface area contributed by atoms with Gasteiger partial charge in [-0.05, 0) is 18.2 Å². The van der Waals surface area contributed by atoms with E-state index < -0.39 is 37.3 Å². The molecule has 1 saturated heterocycles. The largest absolute Gasteiger partial charge is 0.507 e. The molecule has 0 amide bonds. The lowest BCUT2D eigenvalue weighted by Gasteiger charge is -2.39. The van der Waals surface area contributed by atoms with Crippen LogP contribution in [-0.4, -0.2) is 68.0 Å². The Hall–Kier alpha value is -2.10. The van der Waals surface area contributed by atoms with Gasteiger partial charge in [-0.25, -0.2) is 0 Å². The van der Waals surface area contributed by atoms with Crippen LogP contribution in [0.2, 0.25) is 0 Å². The van der Waals surface area contributed by atoms with Gasteiger partial charge in [0, 0.05) is 5.39 Å². The van der Waals surface area contributed by atoms with Crippen LogP contribution in [0.25, 0.3) is 10.8 Å². The number of aromatic hydroxyl groups is 2. The molecule has 0 aromatic heterocycles. The standard InChI is InChI=1S/C16H18O8/c17-6-11-13(20)14(21)15(22)16(24-11)23-10-5-4-8(18)7-2-1-3-9(19)12(7)10/h1-5,11,13-22H,6H2/t11-,13-,14+,15-,16-/m1/s1. The zero-order valence-corrected chi connectivity index (χ0v) is 12.5. The topological polar surface area (TPSA) is 140 Å². The fourth-order valence-electron chi connectivity index (χ4n) is 2.73. The van der Waals surface area contributed by atoms with Gasteiger partial charge in [-0.1, -0.05) is 12.1 Å². The average Bonchev–Trinajstić information content (AvgIpc) is 2.58. The first-order chi connectivity index (χ1) is 11.4. The van der Waals surface area contributed by atoms with Crippen LogP contribution < -0.4 is 4.74 Å². The van der Waals surface area contributed by atoms with Gasteiger partial charge in [-0.15, -0.1) is 0 Å². The smallest absolute Gasteiger partial charge is 0.229 e. The first-order valence-corrected chi connectivity index (χ1v) is 7.35. The number of ether oxygens (including phenoxy) is 2. The number of aliphatic hydroxyl groups excluding tert-OH is 4. The Morgan fingerprint density at radius 1 is 0.917 bits per heavy atom. The van der Waals surface area contributed by atoms with E-state index in [4.69, 9.17) is 9.47 Å². The molecule has 6 N–H and O–H groups in total. The molecule has 1 fully saturated rings. The monoisotopic (exact) mass is 338 g/mol. The Morgan fingerprint density at radius 2 is 1.67 bits per heavy atom. The molecule has 130 valence electrons. The van der Waals surface area contributed by atoms with Crippen molar-refractivity contribution in [2.24, 2.45) is 0 Å². The first kappa shape index (κ1) is 16.7. The highest BCUT2D eigenvalue weighted by molar-refractivity contribution is 5.97. The highest BCUT2D eigenvalue weighted by atomic mass is 16.7. The van der Waals surface area contributed by atoms with Crippen LogP contribution >= 0.6 is 0 Å². The van der Waals surface area contributed by atoms with E-state index in [2.05, 4.69) is 0 Å².